The highest BCUT2D eigenvalue weighted by Gasteiger charge is 2.13. The summed E-state index contributed by atoms with van der Waals surface area (Å²) in [7, 11) is 0. The lowest BCUT2D eigenvalue weighted by molar-refractivity contribution is 0.559. The largest absolute Gasteiger partial charge is 0.325 e. The molecule has 21 heavy (non-hydrogen) atoms. The van der Waals surface area contributed by atoms with Crippen LogP contribution in [0.2, 0.25) is 0 Å². The van der Waals surface area contributed by atoms with E-state index in [1.807, 2.05) is 18.2 Å². The first kappa shape index (κ1) is 15.6. The molecule has 0 atom stereocenters. The van der Waals surface area contributed by atoms with E-state index >= 15 is 0 Å². The third-order valence-corrected chi connectivity index (χ3v) is 3.91. The SMILES string of the molecule is CCCCCCCc1nc2cc(C#N)ccc2n1C(C)C. The summed E-state index contributed by atoms with van der Waals surface area (Å²) in [6, 6.07) is 8.40. The summed E-state index contributed by atoms with van der Waals surface area (Å²) in [6.45, 7) is 6.63. The molecule has 0 N–H and O–H groups in total. The maximum atomic E-state index is 9.02. The third kappa shape index (κ3) is 3.64. The molecule has 0 saturated heterocycles. The van der Waals surface area contributed by atoms with Crippen molar-refractivity contribution in [3.05, 3.63) is 29.6 Å². The first-order chi connectivity index (χ1) is 10.2. The number of rotatable bonds is 7. The Labute approximate surface area is 127 Å². The average molecular weight is 283 g/mol. The minimum atomic E-state index is 0.397. The zero-order valence-electron chi connectivity index (χ0n) is 13.4. The second kappa shape index (κ2) is 7.26. The van der Waals surface area contributed by atoms with Gasteiger partial charge in [-0.15, -0.1) is 0 Å². The Morgan fingerprint density at radius 2 is 1.95 bits per heavy atom. The standard InChI is InChI=1S/C18H25N3/c1-4-5-6-7-8-9-18-20-16-12-15(13-19)10-11-17(16)21(18)14(2)3/h10-12,14H,4-9H2,1-3H3. The van der Waals surface area contributed by atoms with Gasteiger partial charge in [0.15, 0.2) is 0 Å². The van der Waals surface area contributed by atoms with Crippen LogP contribution in [-0.2, 0) is 6.42 Å². The second-order valence-corrected chi connectivity index (χ2v) is 5.97. The number of fused-ring (bicyclic) bond motifs is 1. The van der Waals surface area contributed by atoms with Gasteiger partial charge in [0.05, 0.1) is 22.7 Å². The summed E-state index contributed by atoms with van der Waals surface area (Å²) < 4.78 is 2.32. The Kier molecular flexibility index (Phi) is 5.38. The van der Waals surface area contributed by atoms with Crippen molar-refractivity contribution in [2.45, 2.75) is 65.3 Å². The fourth-order valence-corrected chi connectivity index (χ4v) is 2.86. The van der Waals surface area contributed by atoms with Gasteiger partial charge in [-0.3, -0.25) is 0 Å². The van der Waals surface area contributed by atoms with E-state index in [1.54, 1.807) is 0 Å². The van der Waals surface area contributed by atoms with E-state index in [4.69, 9.17) is 10.2 Å². The van der Waals surface area contributed by atoms with Crippen LogP contribution in [0.3, 0.4) is 0 Å². The van der Waals surface area contributed by atoms with Crippen LogP contribution >= 0.6 is 0 Å². The maximum absolute atomic E-state index is 9.02. The van der Waals surface area contributed by atoms with Crippen LogP contribution in [0, 0.1) is 11.3 Å². The average Bonchev–Trinajstić information content (AvgIpc) is 2.84. The molecular formula is C18H25N3. The Bertz CT molecular complexity index is 632. The minimum Gasteiger partial charge on any atom is -0.325 e. The lowest BCUT2D eigenvalue weighted by Gasteiger charge is -2.13. The van der Waals surface area contributed by atoms with E-state index in [1.165, 1.54) is 32.1 Å². The number of aryl methyl sites for hydroxylation is 1. The molecule has 0 amide bonds. The molecule has 0 fully saturated rings. The van der Waals surface area contributed by atoms with Crippen molar-refractivity contribution in [3.8, 4) is 6.07 Å². The molecule has 1 aromatic carbocycles. The highest BCUT2D eigenvalue weighted by atomic mass is 15.1. The molecule has 1 aromatic heterocycles. The fraction of sp³-hybridized carbons (Fsp3) is 0.556. The molecule has 0 spiro atoms. The minimum absolute atomic E-state index is 0.397. The number of hydrogen-bond acceptors (Lipinski definition) is 2. The highest BCUT2D eigenvalue weighted by molar-refractivity contribution is 5.78. The highest BCUT2D eigenvalue weighted by Crippen LogP contribution is 2.23. The normalized spacial score (nSPS) is 11.2. The van der Waals surface area contributed by atoms with Crippen molar-refractivity contribution >= 4 is 11.0 Å². The van der Waals surface area contributed by atoms with Gasteiger partial charge in [0, 0.05) is 12.5 Å². The van der Waals surface area contributed by atoms with Gasteiger partial charge in [-0.05, 0) is 38.5 Å². The van der Waals surface area contributed by atoms with Gasteiger partial charge in [0.25, 0.3) is 0 Å². The van der Waals surface area contributed by atoms with Gasteiger partial charge in [-0.2, -0.15) is 5.26 Å². The zero-order valence-corrected chi connectivity index (χ0v) is 13.4. The predicted molar refractivity (Wildman–Crippen MR) is 87.3 cm³/mol. The van der Waals surface area contributed by atoms with E-state index in [0.29, 0.717) is 11.6 Å². The van der Waals surface area contributed by atoms with Gasteiger partial charge >= 0.3 is 0 Å². The Morgan fingerprint density at radius 1 is 1.19 bits per heavy atom. The van der Waals surface area contributed by atoms with E-state index < -0.39 is 0 Å². The number of nitrogens with zero attached hydrogens (tertiary/aromatic N) is 3. The Hall–Kier alpha value is -1.82. The number of unbranched alkanes of at least 4 members (excludes halogenated alkanes) is 4. The van der Waals surface area contributed by atoms with Crippen molar-refractivity contribution < 1.29 is 0 Å². The molecule has 0 radical (unpaired) electrons. The molecule has 0 aliphatic rings. The number of nitriles is 1. The van der Waals surface area contributed by atoms with Crippen molar-refractivity contribution in [1.82, 2.24) is 9.55 Å². The number of benzene rings is 1. The zero-order chi connectivity index (χ0) is 15.2. The lowest BCUT2D eigenvalue weighted by Crippen LogP contribution is -2.06. The smallest absolute Gasteiger partial charge is 0.110 e. The van der Waals surface area contributed by atoms with Crippen LogP contribution in [0.1, 0.15) is 70.3 Å². The summed E-state index contributed by atoms with van der Waals surface area (Å²) >= 11 is 0. The molecular weight excluding hydrogens is 258 g/mol. The van der Waals surface area contributed by atoms with Crippen LogP contribution in [0.5, 0.6) is 0 Å². The molecule has 3 nitrogen and oxygen atoms in total. The quantitative estimate of drug-likeness (QED) is 0.671. The van der Waals surface area contributed by atoms with Crippen LogP contribution in [-0.4, -0.2) is 9.55 Å². The first-order valence-electron chi connectivity index (χ1n) is 8.08. The summed E-state index contributed by atoms with van der Waals surface area (Å²) in [5, 5.41) is 9.02. The first-order valence-corrected chi connectivity index (χ1v) is 8.08. The van der Waals surface area contributed by atoms with Gasteiger partial charge in [0.1, 0.15) is 5.82 Å². The molecule has 0 unspecified atom stereocenters. The Balaban J connectivity index is 2.21. The number of aromatic nitrogens is 2. The van der Waals surface area contributed by atoms with Gasteiger partial charge in [-0.25, -0.2) is 4.98 Å². The lowest BCUT2D eigenvalue weighted by atomic mass is 10.1. The van der Waals surface area contributed by atoms with Crippen molar-refractivity contribution in [1.29, 1.82) is 5.26 Å². The maximum Gasteiger partial charge on any atom is 0.110 e. The molecule has 3 heteroatoms. The number of hydrogen-bond donors (Lipinski definition) is 0. The molecule has 2 aromatic rings. The molecule has 112 valence electrons. The van der Waals surface area contributed by atoms with E-state index in [9.17, 15) is 0 Å². The predicted octanol–water partition coefficient (Wildman–Crippen LogP) is 5.00. The summed E-state index contributed by atoms with van der Waals surface area (Å²) in [6.07, 6.45) is 7.42. The Morgan fingerprint density at radius 3 is 2.62 bits per heavy atom. The van der Waals surface area contributed by atoms with Gasteiger partial charge in [0.2, 0.25) is 0 Å². The van der Waals surface area contributed by atoms with Crippen molar-refractivity contribution in [2.75, 3.05) is 0 Å². The van der Waals surface area contributed by atoms with Crippen molar-refractivity contribution in [3.63, 3.8) is 0 Å². The van der Waals surface area contributed by atoms with E-state index in [0.717, 1.165) is 23.3 Å². The topological polar surface area (TPSA) is 41.6 Å². The van der Waals surface area contributed by atoms with E-state index in [2.05, 4.69) is 31.4 Å². The molecule has 0 bridgehead atoms. The van der Waals surface area contributed by atoms with Crippen LogP contribution in [0.4, 0.5) is 0 Å². The summed E-state index contributed by atoms with van der Waals surface area (Å²) in [5.41, 5.74) is 2.78. The molecule has 1 heterocycles. The second-order valence-electron chi connectivity index (χ2n) is 5.97. The monoisotopic (exact) mass is 283 g/mol. The molecule has 2 rings (SSSR count). The van der Waals surface area contributed by atoms with E-state index in [-0.39, 0.29) is 0 Å². The van der Waals surface area contributed by atoms with Crippen molar-refractivity contribution in [2.24, 2.45) is 0 Å². The van der Waals surface area contributed by atoms with Crippen LogP contribution in [0.15, 0.2) is 18.2 Å². The van der Waals surface area contributed by atoms with Crippen LogP contribution < -0.4 is 0 Å². The van der Waals surface area contributed by atoms with Crippen LogP contribution in [0.25, 0.3) is 11.0 Å². The third-order valence-electron chi connectivity index (χ3n) is 3.91. The number of imidazole rings is 1. The summed E-state index contributed by atoms with van der Waals surface area (Å²) in [5.74, 6) is 1.16. The molecule has 0 aliphatic carbocycles. The molecule has 0 saturated carbocycles. The summed E-state index contributed by atoms with van der Waals surface area (Å²) in [4.78, 5) is 4.77. The van der Waals surface area contributed by atoms with Gasteiger partial charge < -0.3 is 4.57 Å². The van der Waals surface area contributed by atoms with Gasteiger partial charge in [-0.1, -0.05) is 32.6 Å². The fourth-order valence-electron chi connectivity index (χ4n) is 2.86. The molecule has 0 aliphatic heterocycles.